The van der Waals surface area contributed by atoms with Gasteiger partial charge in [-0.2, -0.15) is 10.2 Å². The van der Waals surface area contributed by atoms with Crippen molar-refractivity contribution in [3.63, 3.8) is 0 Å². The van der Waals surface area contributed by atoms with E-state index in [4.69, 9.17) is 0 Å². The van der Waals surface area contributed by atoms with Crippen molar-refractivity contribution in [2.24, 2.45) is 10.8 Å². The van der Waals surface area contributed by atoms with Gasteiger partial charge in [-0.05, 0) is 112 Å². The number of rotatable bonds is 17. The predicted molar refractivity (Wildman–Crippen MR) is 210 cm³/mol. The highest BCUT2D eigenvalue weighted by Crippen LogP contribution is 2.51. The number of amides is 2. The second-order valence-electron chi connectivity index (χ2n) is 17.7. The lowest BCUT2D eigenvalue weighted by Gasteiger charge is -2.39. The Hall–Kier alpha value is -2.80. The molecular weight excluding hydrogens is 665 g/mol. The number of likely N-dealkylation sites (N-methyl/N-ethyl adjacent to an activating group) is 3. The van der Waals surface area contributed by atoms with Crippen molar-refractivity contribution in [1.82, 2.24) is 51.5 Å². The molecule has 53 heavy (non-hydrogen) atoms. The highest BCUT2D eigenvalue weighted by atomic mass is 16.2. The summed E-state index contributed by atoms with van der Waals surface area (Å²) in [6.45, 7) is 14.1. The molecule has 12 nitrogen and oxygen atoms in total. The van der Waals surface area contributed by atoms with E-state index in [1.54, 1.807) is 0 Å². The zero-order chi connectivity index (χ0) is 37.9. The second-order valence-corrected chi connectivity index (χ2v) is 17.7. The molecule has 6 N–H and O–H groups in total. The number of nitrogens with one attached hydrogen (secondary N) is 6. The number of aromatic nitrogens is 4. The van der Waals surface area contributed by atoms with Crippen LogP contribution in [0.15, 0.2) is 12.4 Å². The first-order chi connectivity index (χ1) is 25.5. The van der Waals surface area contributed by atoms with E-state index in [9.17, 15) is 9.59 Å². The quantitative estimate of drug-likeness (QED) is 0.134. The fourth-order valence-electron chi connectivity index (χ4n) is 10.8. The van der Waals surface area contributed by atoms with Crippen molar-refractivity contribution < 1.29 is 9.59 Å². The highest BCUT2D eigenvalue weighted by molar-refractivity contribution is 5.87. The number of hydrogen-bond acceptors (Lipinski definition) is 8. The van der Waals surface area contributed by atoms with Crippen LogP contribution in [0.5, 0.6) is 0 Å². The maximum Gasteiger partial charge on any atom is 0.228 e. The van der Waals surface area contributed by atoms with Gasteiger partial charge in [0.05, 0.1) is 23.2 Å². The maximum absolute atomic E-state index is 13.9. The van der Waals surface area contributed by atoms with Crippen LogP contribution < -0.4 is 21.3 Å². The van der Waals surface area contributed by atoms with Gasteiger partial charge in [0.2, 0.25) is 11.8 Å². The van der Waals surface area contributed by atoms with Crippen molar-refractivity contribution in [2.75, 3.05) is 47.3 Å². The molecule has 0 bridgehead atoms. The molecule has 12 heteroatoms. The molecule has 2 amide bonds. The van der Waals surface area contributed by atoms with Gasteiger partial charge in [0, 0.05) is 90.7 Å². The summed E-state index contributed by atoms with van der Waals surface area (Å²) in [5.74, 6) is 1.40. The van der Waals surface area contributed by atoms with E-state index in [1.807, 2.05) is 19.4 Å². The van der Waals surface area contributed by atoms with Gasteiger partial charge in [0.25, 0.3) is 0 Å². The fraction of sp³-hybridized carbons (Fsp3) is 0.805. The van der Waals surface area contributed by atoms with Gasteiger partial charge in [-0.3, -0.25) is 19.8 Å². The number of aromatic amines is 2. The number of H-pyrrole nitrogens is 2. The van der Waals surface area contributed by atoms with Crippen LogP contribution in [0.4, 0.5) is 0 Å². The van der Waals surface area contributed by atoms with Crippen LogP contribution >= 0.6 is 0 Å². The third kappa shape index (κ3) is 8.12. The zero-order valence-corrected chi connectivity index (χ0v) is 33.9. The fourth-order valence-corrected chi connectivity index (χ4v) is 10.8. The number of hydrogen-bond donors (Lipinski definition) is 6. The Morgan fingerprint density at radius 2 is 1.25 bits per heavy atom. The summed E-state index contributed by atoms with van der Waals surface area (Å²) in [5.41, 5.74) is 4.39. The summed E-state index contributed by atoms with van der Waals surface area (Å²) in [6.07, 6.45) is 16.9. The second kappa shape index (κ2) is 16.5. The van der Waals surface area contributed by atoms with E-state index in [0.717, 1.165) is 123 Å². The molecule has 2 aromatic rings. The predicted octanol–water partition coefficient (Wildman–Crippen LogP) is 4.93. The molecule has 2 saturated carbocycles. The standard InChI is InChI=1S/C41H70N10O2/c1-8-38(9-2)27-39(46-36(38)52)15-11-30(12-16-39)34-33(24-45-48-34)26-51(7)22-20-43-29(4)41(10-3)28-40(47-37(41)53)17-13-31(14-18-40)35-32(23-44-49-35)25-50(6)21-19-42-5/h23-24,29-31,42-43H,8-22,25-28H2,1-7H3,(H,44,49)(H,45,48)(H,46,52)(H,47,53). The Balaban J connectivity index is 0.972. The molecule has 2 spiro atoms. The van der Waals surface area contributed by atoms with E-state index in [0.29, 0.717) is 11.8 Å². The van der Waals surface area contributed by atoms with E-state index in [1.165, 1.54) is 22.5 Å². The zero-order valence-electron chi connectivity index (χ0n) is 33.9. The van der Waals surface area contributed by atoms with Crippen LogP contribution in [-0.2, 0) is 22.7 Å². The first kappa shape index (κ1) is 39.9. The summed E-state index contributed by atoms with van der Waals surface area (Å²) < 4.78 is 0. The Bertz CT molecular complexity index is 1520. The highest BCUT2D eigenvalue weighted by Gasteiger charge is 2.56. The normalized spacial score (nSPS) is 30.5. The molecule has 0 radical (unpaired) electrons. The maximum atomic E-state index is 13.9. The van der Waals surface area contributed by atoms with Crippen LogP contribution in [0, 0.1) is 10.8 Å². The molecule has 2 aromatic heterocycles. The molecule has 6 rings (SSSR count). The topological polar surface area (TPSA) is 146 Å². The van der Waals surface area contributed by atoms with Gasteiger partial charge in [0.1, 0.15) is 0 Å². The van der Waals surface area contributed by atoms with E-state index in [2.05, 4.69) is 93.3 Å². The lowest BCUT2D eigenvalue weighted by atomic mass is 9.67. The number of nitrogens with zero attached hydrogens (tertiary/aromatic N) is 4. The number of carbonyl (C=O) groups is 2. The van der Waals surface area contributed by atoms with Gasteiger partial charge in [-0.15, -0.1) is 0 Å². The molecule has 4 aliphatic rings. The van der Waals surface area contributed by atoms with Crippen molar-refractivity contribution in [3.05, 3.63) is 34.9 Å². The lowest BCUT2D eigenvalue weighted by Crippen LogP contribution is -2.49. The molecule has 2 saturated heterocycles. The lowest BCUT2D eigenvalue weighted by molar-refractivity contribution is -0.129. The third-order valence-corrected chi connectivity index (χ3v) is 14.6. The average Bonchev–Trinajstić information content (AvgIpc) is 3.93. The minimum atomic E-state index is -0.399. The molecule has 2 aliphatic heterocycles. The summed E-state index contributed by atoms with van der Waals surface area (Å²) in [4.78, 5) is 31.5. The minimum Gasteiger partial charge on any atom is -0.350 e. The van der Waals surface area contributed by atoms with Gasteiger partial charge in [-0.1, -0.05) is 20.8 Å². The van der Waals surface area contributed by atoms with Crippen LogP contribution in [0.25, 0.3) is 0 Å². The van der Waals surface area contributed by atoms with Gasteiger partial charge >= 0.3 is 0 Å². The summed E-state index contributed by atoms with van der Waals surface area (Å²) in [5, 5.41) is 29.7. The van der Waals surface area contributed by atoms with Crippen LogP contribution in [0.3, 0.4) is 0 Å². The van der Waals surface area contributed by atoms with Crippen molar-refractivity contribution in [2.45, 2.75) is 153 Å². The van der Waals surface area contributed by atoms with E-state index in [-0.39, 0.29) is 34.3 Å². The molecule has 2 atom stereocenters. The van der Waals surface area contributed by atoms with Crippen LogP contribution in [0.2, 0.25) is 0 Å². The average molecular weight is 735 g/mol. The Morgan fingerprint density at radius 1 is 0.755 bits per heavy atom. The monoisotopic (exact) mass is 735 g/mol. The smallest absolute Gasteiger partial charge is 0.228 e. The van der Waals surface area contributed by atoms with Gasteiger partial charge < -0.3 is 31.1 Å². The largest absolute Gasteiger partial charge is 0.350 e. The molecule has 0 aromatic carbocycles. The first-order valence-electron chi connectivity index (χ1n) is 20.9. The first-order valence-corrected chi connectivity index (χ1v) is 20.9. The van der Waals surface area contributed by atoms with Gasteiger partial charge in [-0.25, -0.2) is 0 Å². The molecule has 296 valence electrons. The molecule has 2 unspecified atom stereocenters. The molecular formula is C41H70N10O2. The Morgan fingerprint density at radius 3 is 1.72 bits per heavy atom. The number of carbonyl (C=O) groups excluding carboxylic acids is 2. The Kier molecular flexibility index (Phi) is 12.4. The minimum absolute atomic E-state index is 0.0303. The van der Waals surface area contributed by atoms with Gasteiger partial charge in [0.15, 0.2) is 0 Å². The molecule has 4 heterocycles. The third-order valence-electron chi connectivity index (χ3n) is 14.6. The van der Waals surface area contributed by atoms with Crippen molar-refractivity contribution in [1.29, 1.82) is 0 Å². The summed E-state index contributed by atoms with van der Waals surface area (Å²) >= 11 is 0. The van der Waals surface area contributed by atoms with E-state index < -0.39 is 5.41 Å². The Labute approximate surface area is 318 Å². The summed E-state index contributed by atoms with van der Waals surface area (Å²) in [7, 11) is 6.34. The van der Waals surface area contributed by atoms with Crippen LogP contribution in [0.1, 0.15) is 146 Å². The molecule has 4 fully saturated rings. The van der Waals surface area contributed by atoms with Crippen LogP contribution in [-0.4, -0.2) is 106 Å². The molecule has 2 aliphatic carbocycles. The summed E-state index contributed by atoms with van der Waals surface area (Å²) in [6, 6.07) is 0.0830. The van der Waals surface area contributed by atoms with Crippen molar-refractivity contribution in [3.8, 4) is 0 Å². The van der Waals surface area contributed by atoms with Crippen molar-refractivity contribution >= 4 is 11.8 Å². The SMILES string of the molecule is CCC1(CC)CC2(CCC(c3[nH]ncc3CN(C)CCNC(C)C3(CC)CC4(CCC(c5[nH]ncc5CN(C)CCNC)CC4)NC3=O)CC2)NC1=O. The van der Waals surface area contributed by atoms with E-state index >= 15 is 0 Å².